The Bertz CT molecular complexity index is 3060. The highest BCUT2D eigenvalue weighted by Gasteiger charge is 2.68. The molecular formula is C43H27BN6+2. The second-order valence-electron chi connectivity index (χ2n) is 13.9. The maximum atomic E-state index is 2.57. The normalized spacial score (nSPS) is 17.4. The van der Waals surface area contributed by atoms with E-state index in [9.17, 15) is 0 Å². The Labute approximate surface area is 286 Å². The summed E-state index contributed by atoms with van der Waals surface area (Å²) >= 11 is 0. The molecule has 0 aliphatic carbocycles. The molecule has 4 aromatic heterocycles. The number of fused-ring (bicyclic) bond motifs is 10. The first-order valence-electron chi connectivity index (χ1n) is 17.3. The van der Waals surface area contributed by atoms with Crippen molar-refractivity contribution in [3.63, 3.8) is 0 Å². The fraction of sp³-hybridized carbons (Fsp3) is 0.0233. The third-order valence-corrected chi connectivity index (χ3v) is 11.7. The molecule has 0 saturated carbocycles. The van der Waals surface area contributed by atoms with Crippen LogP contribution < -0.4 is 19.6 Å². The fourth-order valence-corrected chi connectivity index (χ4v) is 9.78. The maximum absolute atomic E-state index is 2.57. The lowest BCUT2D eigenvalue weighted by Gasteiger charge is -2.33. The predicted octanol–water partition coefficient (Wildman–Crippen LogP) is 6.81. The number of pyridine rings is 1. The summed E-state index contributed by atoms with van der Waals surface area (Å²) in [5, 5.41) is 5.10. The second kappa shape index (κ2) is 8.51. The first kappa shape index (κ1) is 25.4. The van der Waals surface area contributed by atoms with Crippen LogP contribution in [-0.4, -0.2) is 20.5 Å². The summed E-state index contributed by atoms with van der Waals surface area (Å²) in [7, 11) is 0. The number of rotatable bonds is 2. The van der Waals surface area contributed by atoms with Gasteiger partial charge in [0.05, 0.1) is 34.5 Å². The van der Waals surface area contributed by atoms with E-state index in [1.165, 1.54) is 77.4 Å². The zero-order valence-electron chi connectivity index (χ0n) is 26.8. The Morgan fingerprint density at radius 3 is 2.10 bits per heavy atom. The molecule has 230 valence electrons. The van der Waals surface area contributed by atoms with Crippen molar-refractivity contribution in [2.24, 2.45) is 0 Å². The standard InChI is InChI=1S/C43H27BN6/c1-2-10-29(11-3-1)45-24-21-44(22-25-45)28-26-47-36-17-8-18-37-39(36)43(48(47)27-28)40-38(20-19-32-30-12-4-6-15-34(30)49(37)41(32)40)50-35-16-7-5-13-31(35)33-14-9-23-46(43)42(33)50/h1-27H/q+2. The number of hydrogen-bond acceptors (Lipinski definition) is 1. The summed E-state index contributed by atoms with van der Waals surface area (Å²) in [5.41, 5.74) is 13.0. The van der Waals surface area contributed by atoms with Crippen LogP contribution >= 0.6 is 0 Å². The van der Waals surface area contributed by atoms with Crippen LogP contribution in [-0.2, 0) is 5.66 Å². The van der Waals surface area contributed by atoms with Crippen molar-refractivity contribution < 1.29 is 9.25 Å². The van der Waals surface area contributed by atoms with Gasteiger partial charge < -0.3 is 9.47 Å². The number of para-hydroxylation sites is 3. The molecule has 1 unspecified atom stereocenters. The Morgan fingerprint density at radius 2 is 1.26 bits per heavy atom. The first-order chi connectivity index (χ1) is 24.8. The van der Waals surface area contributed by atoms with Gasteiger partial charge in [-0.25, -0.2) is 0 Å². The molecule has 9 aromatic rings. The molecule has 0 N–H and O–H groups in total. The minimum atomic E-state index is -0.647. The summed E-state index contributed by atoms with van der Waals surface area (Å²) in [5.74, 6) is 4.62. The quantitative estimate of drug-likeness (QED) is 0.151. The van der Waals surface area contributed by atoms with Crippen molar-refractivity contribution in [1.29, 1.82) is 0 Å². The van der Waals surface area contributed by atoms with Gasteiger partial charge in [0, 0.05) is 27.3 Å². The molecule has 7 heteroatoms. The lowest BCUT2D eigenvalue weighted by atomic mass is 9.45. The molecule has 6 nitrogen and oxygen atoms in total. The van der Waals surface area contributed by atoms with Crippen molar-refractivity contribution >= 4 is 61.6 Å². The number of anilines is 1. The Kier molecular flexibility index (Phi) is 4.33. The van der Waals surface area contributed by atoms with E-state index in [4.69, 9.17) is 0 Å². The van der Waals surface area contributed by atoms with E-state index in [1.54, 1.807) is 0 Å². The summed E-state index contributed by atoms with van der Waals surface area (Å²) in [6.07, 6.45) is 11.5. The Balaban J connectivity index is 1.17. The Morgan fingerprint density at radius 1 is 0.560 bits per heavy atom. The average molecular weight is 639 g/mol. The topological polar surface area (TPSA) is 25.8 Å². The van der Waals surface area contributed by atoms with Gasteiger partial charge in [0.2, 0.25) is 6.71 Å². The molecule has 4 aliphatic heterocycles. The van der Waals surface area contributed by atoms with Crippen LogP contribution in [0.4, 0.5) is 5.69 Å². The molecule has 1 spiro atoms. The SMILES string of the molecule is C1=CN(c2ccccc2)C=CB1c1cn2[n+](c1)C13c4c(cccc4-2)-n2c4ccccc4c4ccc(c1c42)-n1c2ccccc2c2ccc[n+]3c21. The van der Waals surface area contributed by atoms with Crippen LogP contribution in [0.25, 0.3) is 60.8 Å². The van der Waals surface area contributed by atoms with E-state index in [2.05, 4.69) is 192 Å². The zero-order valence-corrected chi connectivity index (χ0v) is 26.8. The molecule has 1 atom stereocenters. The Hall–Kier alpha value is -6.60. The van der Waals surface area contributed by atoms with Gasteiger partial charge in [-0.15, -0.1) is 4.68 Å². The summed E-state index contributed by atoms with van der Waals surface area (Å²) in [4.78, 5) is 2.19. The maximum Gasteiger partial charge on any atom is 0.394 e. The van der Waals surface area contributed by atoms with Gasteiger partial charge in [0.25, 0.3) is 0 Å². The lowest BCUT2D eigenvalue weighted by Crippen LogP contribution is -2.76. The third-order valence-electron chi connectivity index (χ3n) is 11.7. The van der Waals surface area contributed by atoms with Gasteiger partial charge in [-0.1, -0.05) is 71.2 Å². The monoisotopic (exact) mass is 638 g/mol. The molecule has 0 amide bonds. The van der Waals surface area contributed by atoms with Crippen molar-refractivity contribution in [3.8, 4) is 17.1 Å². The van der Waals surface area contributed by atoms with E-state index in [0.29, 0.717) is 0 Å². The van der Waals surface area contributed by atoms with E-state index in [0.717, 1.165) is 5.69 Å². The van der Waals surface area contributed by atoms with Crippen molar-refractivity contribution in [2.45, 2.75) is 5.66 Å². The summed E-state index contributed by atoms with van der Waals surface area (Å²) in [6, 6.07) is 44.4. The lowest BCUT2D eigenvalue weighted by molar-refractivity contribution is -0.987. The van der Waals surface area contributed by atoms with E-state index >= 15 is 0 Å². The van der Waals surface area contributed by atoms with Gasteiger partial charge in [-0.2, -0.15) is 9.13 Å². The molecule has 0 saturated heterocycles. The first-order valence-corrected chi connectivity index (χ1v) is 17.3. The minimum absolute atomic E-state index is 0.143. The largest absolute Gasteiger partial charge is 0.394 e. The minimum Gasteiger partial charge on any atom is -0.326 e. The van der Waals surface area contributed by atoms with Crippen LogP contribution in [0.1, 0.15) is 11.1 Å². The van der Waals surface area contributed by atoms with E-state index in [1.807, 2.05) is 0 Å². The van der Waals surface area contributed by atoms with Crippen LogP contribution in [0.2, 0.25) is 0 Å². The highest BCUT2D eigenvalue weighted by molar-refractivity contribution is 6.82. The molecule has 0 fully saturated rings. The highest BCUT2D eigenvalue weighted by Crippen LogP contribution is 2.53. The van der Waals surface area contributed by atoms with E-state index in [-0.39, 0.29) is 6.71 Å². The fourth-order valence-electron chi connectivity index (χ4n) is 9.78. The van der Waals surface area contributed by atoms with Gasteiger partial charge in [-0.05, 0) is 79.1 Å². The molecule has 13 rings (SSSR count). The van der Waals surface area contributed by atoms with E-state index < -0.39 is 5.66 Å². The van der Waals surface area contributed by atoms with Crippen LogP contribution in [0.3, 0.4) is 0 Å². The number of hydrogen-bond donors (Lipinski definition) is 0. The summed E-state index contributed by atoms with van der Waals surface area (Å²) < 4.78 is 12.6. The number of aromatic nitrogens is 5. The molecule has 0 bridgehead atoms. The summed E-state index contributed by atoms with van der Waals surface area (Å²) in [6.45, 7) is 0.143. The van der Waals surface area contributed by atoms with Crippen molar-refractivity contribution in [1.82, 2.24) is 13.8 Å². The smallest absolute Gasteiger partial charge is 0.326 e. The average Bonchev–Trinajstić information content (AvgIpc) is 3.93. The molecular weight excluding hydrogens is 611 g/mol. The van der Waals surface area contributed by atoms with Gasteiger partial charge >= 0.3 is 11.3 Å². The van der Waals surface area contributed by atoms with Crippen molar-refractivity contribution in [2.75, 3.05) is 4.90 Å². The molecule has 5 aromatic carbocycles. The zero-order chi connectivity index (χ0) is 32.3. The second-order valence-corrected chi connectivity index (χ2v) is 13.9. The number of benzene rings is 5. The molecule has 50 heavy (non-hydrogen) atoms. The number of nitrogens with zero attached hydrogens (tertiary/aromatic N) is 6. The molecule has 4 aliphatic rings. The third kappa shape index (κ3) is 2.69. The van der Waals surface area contributed by atoms with Crippen LogP contribution in [0.5, 0.6) is 0 Å². The van der Waals surface area contributed by atoms with Gasteiger partial charge in [0.1, 0.15) is 22.3 Å². The highest BCUT2D eigenvalue weighted by atomic mass is 15.5. The molecule has 0 radical (unpaired) electrons. The molecule has 8 heterocycles. The van der Waals surface area contributed by atoms with Crippen LogP contribution in [0.15, 0.2) is 164 Å². The van der Waals surface area contributed by atoms with Crippen molar-refractivity contribution in [3.05, 3.63) is 175 Å². The van der Waals surface area contributed by atoms with Crippen LogP contribution in [0, 0.1) is 0 Å². The predicted molar refractivity (Wildman–Crippen MR) is 199 cm³/mol. The van der Waals surface area contributed by atoms with Gasteiger partial charge in [0.15, 0.2) is 11.9 Å². The van der Waals surface area contributed by atoms with Gasteiger partial charge in [-0.3, -0.25) is 0 Å².